The molecule has 0 aliphatic carbocycles. The van der Waals surface area contributed by atoms with Gasteiger partial charge < -0.3 is 14.7 Å². The number of piperidine rings is 1. The van der Waals surface area contributed by atoms with Gasteiger partial charge in [-0.1, -0.05) is 13.0 Å². The quantitative estimate of drug-likeness (QED) is 0.790. The Morgan fingerprint density at radius 1 is 1.17 bits per heavy atom. The lowest BCUT2D eigenvalue weighted by atomic mass is 9.93. The van der Waals surface area contributed by atoms with Crippen molar-refractivity contribution in [2.24, 2.45) is 5.92 Å². The van der Waals surface area contributed by atoms with Crippen molar-refractivity contribution in [1.82, 2.24) is 14.8 Å². The molecular weight excluding hydrogens is 307 g/mol. The Bertz CT molecular complexity index is 552. The molecule has 0 saturated carbocycles. The van der Waals surface area contributed by atoms with E-state index in [4.69, 9.17) is 0 Å². The minimum atomic E-state index is -0.434. The molecule has 2 fully saturated rings. The standard InChI is InChI=1S/C18H27FN4O/c1-2-21-10-12-23(13-11-21)18(24)14-15-6-8-22(9-7-15)17-5-3-4-16(19)20-17/h3-5,15H,2,6-14H2,1H3. The van der Waals surface area contributed by atoms with Crippen molar-refractivity contribution >= 4 is 11.7 Å². The first-order valence-corrected chi connectivity index (χ1v) is 9.03. The number of hydrogen-bond donors (Lipinski definition) is 0. The topological polar surface area (TPSA) is 39.7 Å². The maximum Gasteiger partial charge on any atom is 0.222 e. The number of halogens is 1. The summed E-state index contributed by atoms with van der Waals surface area (Å²) in [6.07, 6.45) is 2.59. The van der Waals surface area contributed by atoms with Crippen LogP contribution in [0.4, 0.5) is 10.2 Å². The Balaban J connectivity index is 1.44. The zero-order chi connectivity index (χ0) is 16.9. The fourth-order valence-corrected chi connectivity index (χ4v) is 3.63. The molecule has 24 heavy (non-hydrogen) atoms. The number of hydrogen-bond acceptors (Lipinski definition) is 4. The predicted octanol–water partition coefficient (Wildman–Crippen LogP) is 1.99. The minimum absolute atomic E-state index is 0.299. The Kier molecular flexibility index (Phi) is 5.66. The number of anilines is 1. The van der Waals surface area contributed by atoms with Gasteiger partial charge >= 0.3 is 0 Å². The van der Waals surface area contributed by atoms with Crippen LogP contribution >= 0.6 is 0 Å². The van der Waals surface area contributed by atoms with Crippen LogP contribution in [-0.2, 0) is 4.79 Å². The van der Waals surface area contributed by atoms with Crippen LogP contribution in [0.3, 0.4) is 0 Å². The Hall–Kier alpha value is -1.69. The van der Waals surface area contributed by atoms with Crippen LogP contribution in [0.15, 0.2) is 18.2 Å². The number of carbonyl (C=O) groups excluding carboxylic acids is 1. The number of nitrogens with zero attached hydrogens (tertiary/aromatic N) is 4. The average molecular weight is 334 g/mol. The molecule has 0 unspecified atom stereocenters. The molecule has 1 aromatic rings. The van der Waals surface area contributed by atoms with Gasteiger partial charge in [-0.15, -0.1) is 0 Å². The van der Waals surface area contributed by atoms with Gasteiger partial charge in [0, 0.05) is 45.7 Å². The summed E-state index contributed by atoms with van der Waals surface area (Å²) in [7, 11) is 0. The maximum atomic E-state index is 13.2. The highest BCUT2D eigenvalue weighted by Gasteiger charge is 2.26. The zero-order valence-electron chi connectivity index (χ0n) is 14.5. The van der Waals surface area contributed by atoms with Crippen LogP contribution in [-0.4, -0.2) is 66.5 Å². The molecule has 6 heteroatoms. The smallest absolute Gasteiger partial charge is 0.222 e. The van der Waals surface area contributed by atoms with Gasteiger partial charge in [-0.25, -0.2) is 4.98 Å². The molecule has 1 aromatic heterocycles. The van der Waals surface area contributed by atoms with Crippen LogP contribution in [0.25, 0.3) is 0 Å². The van der Waals surface area contributed by atoms with Gasteiger partial charge in [0.1, 0.15) is 5.82 Å². The summed E-state index contributed by atoms with van der Waals surface area (Å²) in [5.41, 5.74) is 0. The lowest BCUT2D eigenvalue weighted by Crippen LogP contribution is -2.49. The molecular formula is C18H27FN4O. The molecule has 0 bridgehead atoms. The fraction of sp³-hybridized carbons (Fsp3) is 0.667. The number of piperazine rings is 1. The SMILES string of the molecule is CCN1CCN(C(=O)CC2CCN(c3cccc(F)n3)CC2)CC1. The molecule has 2 aliphatic rings. The van der Waals surface area contributed by atoms with E-state index in [1.54, 1.807) is 6.07 Å². The molecule has 2 saturated heterocycles. The van der Waals surface area contributed by atoms with E-state index in [0.29, 0.717) is 24.1 Å². The van der Waals surface area contributed by atoms with Gasteiger partial charge in [0.25, 0.3) is 0 Å². The molecule has 0 spiro atoms. The van der Waals surface area contributed by atoms with E-state index in [0.717, 1.165) is 58.7 Å². The second kappa shape index (κ2) is 7.92. The molecule has 0 atom stereocenters. The molecule has 132 valence electrons. The summed E-state index contributed by atoms with van der Waals surface area (Å²) in [5.74, 6) is 1.01. The summed E-state index contributed by atoms with van der Waals surface area (Å²) >= 11 is 0. The second-order valence-corrected chi connectivity index (χ2v) is 6.77. The van der Waals surface area contributed by atoms with Gasteiger partial charge in [0.2, 0.25) is 11.9 Å². The van der Waals surface area contributed by atoms with Crippen molar-refractivity contribution in [3.8, 4) is 0 Å². The van der Waals surface area contributed by atoms with E-state index < -0.39 is 5.95 Å². The number of likely N-dealkylation sites (N-methyl/N-ethyl adjacent to an activating group) is 1. The van der Waals surface area contributed by atoms with Crippen LogP contribution in [0, 0.1) is 11.9 Å². The number of carbonyl (C=O) groups is 1. The van der Waals surface area contributed by atoms with E-state index in [-0.39, 0.29) is 0 Å². The number of rotatable bonds is 4. The van der Waals surface area contributed by atoms with Crippen LogP contribution in [0.5, 0.6) is 0 Å². The first-order valence-electron chi connectivity index (χ1n) is 9.03. The van der Waals surface area contributed by atoms with Gasteiger partial charge in [-0.3, -0.25) is 4.79 Å². The minimum Gasteiger partial charge on any atom is -0.357 e. The summed E-state index contributed by atoms with van der Waals surface area (Å²) in [5, 5.41) is 0. The lowest BCUT2D eigenvalue weighted by molar-refractivity contribution is -0.134. The summed E-state index contributed by atoms with van der Waals surface area (Å²) in [4.78, 5) is 23.0. The lowest BCUT2D eigenvalue weighted by Gasteiger charge is -2.36. The van der Waals surface area contributed by atoms with Crippen molar-refractivity contribution in [2.75, 3.05) is 50.7 Å². The fourth-order valence-electron chi connectivity index (χ4n) is 3.63. The number of pyridine rings is 1. The van der Waals surface area contributed by atoms with Crippen molar-refractivity contribution < 1.29 is 9.18 Å². The van der Waals surface area contributed by atoms with Crippen LogP contribution in [0.1, 0.15) is 26.2 Å². The van der Waals surface area contributed by atoms with E-state index in [2.05, 4.69) is 21.7 Å². The summed E-state index contributed by atoms with van der Waals surface area (Å²) < 4.78 is 13.2. The molecule has 3 heterocycles. The Morgan fingerprint density at radius 2 is 1.88 bits per heavy atom. The van der Waals surface area contributed by atoms with E-state index >= 15 is 0 Å². The van der Waals surface area contributed by atoms with Crippen molar-refractivity contribution in [2.45, 2.75) is 26.2 Å². The number of aromatic nitrogens is 1. The maximum absolute atomic E-state index is 13.2. The molecule has 5 nitrogen and oxygen atoms in total. The third kappa shape index (κ3) is 4.23. The monoisotopic (exact) mass is 334 g/mol. The summed E-state index contributed by atoms with van der Waals surface area (Å²) in [6.45, 7) is 8.62. The molecule has 0 radical (unpaired) electrons. The third-order valence-electron chi connectivity index (χ3n) is 5.27. The van der Waals surface area contributed by atoms with Gasteiger partial charge in [-0.2, -0.15) is 4.39 Å². The Morgan fingerprint density at radius 3 is 2.50 bits per heavy atom. The third-order valence-corrected chi connectivity index (χ3v) is 5.27. The van der Waals surface area contributed by atoms with E-state index in [1.165, 1.54) is 6.07 Å². The zero-order valence-corrected chi connectivity index (χ0v) is 14.5. The van der Waals surface area contributed by atoms with E-state index in [9.17, 15) is 9.18 Å². The normalized spacial score (nSPS) is 20.4. The number of amides is 1. The highest BCUT2D eigenvalue weighted by atomic mass is 19.1. The molecule has 2 aliphatic heterocycles. The van der Waals surface area contributed by atoms with Crippen molar-refractivity contribution in [3.05, 3.63) is 24.1 Å². The highest BCUT2D eigenvalue weighted by molar-refractivity contribution is 5.76. The van der Waals surface area contributed by atoms with Crippen molar-refractivity contribution in [1.29, 1.82) is 0 Å². The molecule has 0 aromatic carbocycles. The molecule has 1 amide bonds. The Labute approximate surface area is 143 Å². The van der Waals surface area contributed by atoms with Gasteiger partial charge in [0.05, 0.1) is 0 Å². The van der Waals surface area contributed by atoms with Gasteiger partial charge in [-0.05, 0) is 37.4 Å². The molecule has 0 N–H and O–H groups in total. The van der Waals surface area contributed by atoms with Crippen molar-refractivity contribution in [3.63, 3.8) is 0 Å². The first-order chi connectivity index (χ1) is 11.7. The van der Waals surface area contributed by atoms with Crippen LogP contribution < -0.4 is 4.90 Å². The summed E-state index contributed by atoms with van der Waals surface area (Å²) in [6, 6.07) is 4.91. The molecule has 3 rings (SSSR count). The largest absolute Gasteiger partial charge is 0.357 e. The first kappa shape index (κ1) is 17.1. The van der Waals surface area contributed by atoms with Crippen LogP contribution in [0.2, 0.25) is 0 Å². The van der Waals surface area contributed by atoms with E-state index in [1.807, 2.05) is 11.0 Å². The predicted molar refractivity (Wildman–Crippen MR) is 92.4 cm³/mol. The van der Waals surface area contributed by atoms with Gasteiger partial charge in [0.15, 0.2) is 0 Å². The second-order valence-electron chi connectivity index (χ2n) is 6.77. The average Bonchev–Trinajstić information content (AvgIpc) is 2.62. The highest BCUT2D eigenvalue weighted by Crippen LogP contribution is 2.25.